The van der Waals surface area contributed by atoms with Crippen LogP contribution >= 0.6 is 15.9 Å². The molecule has 0 spiro atoms. The fraction of sp³-hybridized carbons (Fsp3) is 0.0714. The van der Waals surface area contributed by atoms with Crippen LogP contribution in [0.5, 0.6) is 0 Å². The summed E-state index contributed by atoms with van der Waals surface area (Å²) in [5, 5.41) is 4.91. The molecule has 6 heteroatoms. The molecule has 3 aromatic rings. The summed E-state index contributed by atoms with van der Waals surface area (Å²) in [6, 6.07) is 7.79. The first-order chi connectivity index (χ1) is 9.58. The molecule has 3 N–H and O–H groups in total. The molecule has 20 heavy (non-hydrogen) atoms. The molecule has 0 radical (unpaired) electrons. The number of halogens is 1. The molecule has 0 amide bonds. The summed E-state index contributed by atoms with van der Waals surface area (Å²) in [4.78, 5) is 26.7. The van der Waals surface area contributed by atoms with E-state index in [0.717, 1.165) is 20.9 Å². The Bertz CT molecular complexity index is 882. The fourth-order valence-corrected chi connectivity index (χ4v) is 2.49. The monoisotopic (exact) mass is 331 g/mol. The van der Waals surface area contributed by atoms with Gasteiger partial charge in [0, 0.05) is 16.1 Å². The van der Waals surface area contributed by atoms with Crippen LogP contribution in [0.1, 0.15) is 5.69 Å². The van der Waals surface area contributed by atoms with Crippen LogP contribution in [0.25, 0.3) is 10.8 Å². The first kappa shape index (κ1) is 12.8. The zero-order chi connectivity index (χ0) is 14.3. The van der Waals surface area contributed by atoms with Crippen molar-refractivity contribution in [3.8, 4) is 0 Å². The summed E-state index contributed by atoms with van der Waals surface area (Å²) in [6.45, 7) is 0.341. The molecule has 1 heterocycles. The van der Waals surface area contributed by atoms with E-state index in [0.29, 0.717) is 6.54 Å². The highest BCUT2D eigenvalue weighted by Crippen LogP contribution is 2.22. The van der Waals surface area contributed by atoms with Gasteiger partial charge in [-0.3, -0.25) is 14.6 Å². The van der Waals surface area contributed by atoms with Crippen LogP contribution in [-0.4, -0.2) is 4.98 Å². The number of nitrogens with zero attached hydrogens (tertiary/aromatic N) is 1. The van der Waals surface area contributed by atoms with E-state index in [2.05, 4.69) is 26.2 Å². The van der Waals surface area contributed by atoms with Crippen LogP contribution in [0.3, 0.4) is 0 Å². The topological polar surface area (TPSA) is 85.1 Å². The summed E-state index contributed by atoms with van der Waals surface area (Å²) >= 11 is 3.42. The normalized spacial score (nSPS) is 11.1. The highest BCUT2D eigenvalue weighted by molar-refractivity contribution is 9.10. The Balaban J connectivity index is 1.92. The second kappa shape index (κ2) is 4.72. The van der Waals surface area contributed by atoms with Gasteiger partial charge in [-0.25, -0.2) is 0 Å². The van der Waals surface area contributed by atoms with Crippen molar-refractivity contribution in [1.29, 1.82) is 0 Å². The number of benzene rings is 1. The van der Waals surface area contributed by atoms with E-state index in [9.17, 15) is 9.59 Å². The molecule has 0 aliphatic heterocycles. The first-order valence-electron chi connectivity index (χ1n) is 5.93. The van der Waals surface area contributed by atoms with Gasteiger partial charge < -0.3 is 11.1 Å². The minimum atomic E-state index is -0.623. The molecule has 1 aromatic heterocycles. The lowest BCUT2D eigenvalue weighted by atomic mass is 10.1. The molecule has 0 bridgehead atoms. The Morgan fingerprint density at radius 3 is 2.75 bits per heavy atom. The SMILES string of the molecule is Nc1c(NCc2nccc3cc(Br)ccc23)c(=O)c1=O. The number of nitrogen functional groups attached to an aromatic ring is 1. The van der Waals surface area contributed by atoms with Crippen molar-refractivity contribution < 1.29 is 0 Å². The highest BCUT2D eigenvalue weighted by Gasteiger charge is 2.17. The van der Waals surface area contributed by atoms with Crippen molar-refractivity contribution in [2.45, 2.75) is 6.54 Å². The molecule has 0 unspecified atom stereocenters. The van der Waals surface area contributed by atoms with Crippen molar-refractivity contribution >= 4 is 38.1 Å². The van der Waals surface area contributed by atoms with Gasteiger partial charge in [-0.2, -0.15) is 0 Å². The quantitative estimate of drug-likeness (QED) is 0.714. The molecule has 3 rings (SSSR count). The summed E-state index contributed by atoms with van der Waals surface area (Å²) in [5.74, 6) is 0. The lowest BCUT2D eigenvalue weighted by molar-refractivity contribution is 1.06. The summed E-state index contributed by atoms with van der Waals surface area (Å²) in [7, 11) is 0. The standard InChI is InChI=1S/C14H10BrN3O2/c15-8-1-2-9-7(5-8)3-4-17-10(9)6-18-12-11(16)13(19)14(12)20/h1-5,18H,6,16H2. The van der Waals surface area contributed by atoms with Gasteiger partial charge >= 0.3 is 0 Å². The van der Waals surface area contributed by atoms with Crippen molar-refractivity contribution in [2.75, 3.05) is 11.1 Å². The predicted octanol–water partition coefficient (Wildman–Crippen LogP) is 1.79. The second-order valence-electron chi connectivity index (χ2n) is 4.42. The van der Waals surface area contributed by atoms with Crippen molar-refractivity contribution in [2.24, 2.45) is 0 Å². The molecular weight excluding hydrogens is 322 g/mol. The van der Waals surface area contributed by atoms with E-state index in [1.807, 2.05) is 24.3 Å². The zero-order valence-electron chi connectivity index (χ0n) is 10.3. The average molecular weight is 332 g/mol. The first-order valence-corrected chi connectivity index (χ1v) is 6.73. The zero-order valence-corrected chi connectivity index (χ0v) is 11.9. The second-order valence-corrected chi connectivity index (χ2v) is 5.34. The van der Waals surface area contributed by atoms with Crippen LogP contribution in [0.2, 0.25) is 0 Å². The number of anilines is 2. The predicted molar refractivity (Wildman–Crippen MR) is 82.5 cm³/mol. The lowest BCUT2D eigenvalue weighted by Crippen LogP contribution is -2.37. The summed E-state index contributed by atoms with van der Waals surface area (Å²) in [6.07, 6.45) is 1.71. The van der Waals surface area contributed by atoms with Gasteiger partial charge in [0.15, 0.2) is 0 Å². The number of pyridine rings is 1. The van der Waals surface area contributed by atoms with E-state index >= 15 is 0 Å². The summed E-state index contributed by atoms with van der Waals surface area (Å²) < 4.78 is 0.988. The Hall–Kier alpha value is -2.21. The van der Waals surface area contributed by atoms with E-state index in [1.54, 1.807) is 6.20 Å². The minimum Gasteiger partial charge on any atom is -0.394 e. The molecular formula is C14H10BrN3O2. The highest BCUT2D eigenvalue weighted by atomic mass is 79.9. The maximum Gasteiger partial charge on any atom is 0.253 e. The molecule has 0 saturated heterocycles. The minimum absolute atomic E-state index is 0.00187. The number of nitrogens with two attached hydrogens (primary N) is 1. The third kappa shape index (κ3) is 1.98. The van der Waals surface area contributed by atoms with Gasteiger partial charge in [-0.15, -0.1) is 0 Å². The Morgan fingerprint density at radius 1 is 1.20 bits per heavy atom. The van der Waals surface area contributed by atoms with Crippen molar-refractivity contribution in [3.05, 3.63) is 61.1 Å². The van der Waals surface area contributed by atoms with Crippen molar-refractivity contribution in [3.63, 3.8) is 0 Å². The largest absolute Gasteiger partial charge is 0.394 e. The van der Waals surface area contributed by atoms with E-state index in [-0.39, 0.29) is 11.4 Å². The smallest absolute Gasteiger partial charge is 0.253 e. The molecule has 5 nitrogen and oxygen atoms in total. The number of hydrogen-bond acceptors (Lipinski definition) is 5. The van der Waals surface area contributed by atoms with E-state index < -0.39 is 10.9 Å². The van der Waals surface area contributed by atoms with Crippen LogP contribution in [0.4, 0.5) is 11.4 Å². The van der Waals surface area contributed by atoms with Gasteiger partial charge in [0.05, 0.1) is 12.2 Å². The Morgan fingerprint density at radius 2 is 2.00 bits per heavy atom. The molecule has 100 valence electrons. The van der Waals surface area contributed by atoms with Gasteiger partial charge in [0.2, 0.25) is 0 Å². The fourth-order valence-electron chi connectivity index (χ4n) is 2.11. The number of nitrogens with one attached hydrogen (secondary N) is 1. The molecule has 0 aliphatic carbocycles. The number of hydrogen-bond donors (Lipinski definition) is 2. The number of aromatic nitrogens is 1. The van der Waals surface area contributed by atoms with E-state index in [4.69, 9.17) is 5.73 Å². The maximum atomic E-state index is 11.3. The van der Waals surface area contributed by atoms with Gasteiger partial charge in [-0.05, 0) is 23.6 Å². The third-order valence-corrected chi connectivity index (χ3v) is 3.68. The summed E-state index contributed by atoms with van der Waals surface area (Å²) in [5.41, 5.74) is 5.26. The number of rotatable bonds is 3. The van der Waals surface area contributed by atoms with Crippen LogP contribution in [-0.2, 0) is 6.54 Å². The average Bonchev–Trinajstić information content (AvgIpc) is 2.46. The van der Waals surface area contributed by atoms with Crippen molar-refractivity contribution in [1.82, 2.24) is 4.98 Å². The third-order valence-electron chi connectivity index (χ3n) is 3.19. The van der Waals surface area contributed by atoms with E-state index in [1.165, 1.54) is 0 Å². The lowest BCUT2D eigenvalue weighted by Gasteiger charge is -2.11. The Labute approximate surface area is 122 Å². The molecule has 0 aliphatic rings. The molecule has 0 atom stereocenters. The van der Waals surface area contributed by atoms with Crippen LogP contribution < -0.4 is 21.9 Å². The molecule has 0 saturated carbocycles. The van der Waals surface area contributed by atoms with Gasteiger partial charge in [0.25, 0.3) is 10.9 Å². The maximum absolute atomic E-state index is 11.3. The van der Waals surface area contributed by atoms with Gasteiger partial charge in [0.1, 0.15) is 11.4 Å². The van der Waals surface area contributed by atoms with Crippen LogP contribution in [0.15, 0.2) is 44.5 Å². The molecule has 0 fully saturated rings. The Kier molecular flexibility index (Phi) is 3.02. The number of fused-ring (bicyclic) bond motifs is 1. The molecule has 2 aromatic carbocycles. The van der Waals surface area contributed by atoms with Gasteiger partial charge in [-0.1, -0.05) is 22.0 Å². The van der Waals surface area contributed by atoms with Crippen LogP contribution in [0, 0.1) is 0 Å².